The molecular weight excluding hydrogens is 433 g/mol. The summed E-state index contributed by atoms with van der Waals surface area (Å²) in [5.41, 5.74) is 2.94. The fraction of sp³-hybridized carbons (Fsp3) is 0.318. The Balaban J connectivity index is 1.58. The number of anilines is 1. The lowest BCUT2D eigenvalue weighted by molar-refractivity contribution is 0.241. The molecule has 0 aliphatic carbocycles. The van der Waals surface area contributed by atoms with Crippen molar-refractivity contribution in [3.63, 3.8) is 0 Å². The number of carbonyl (C=O) groups excluding carboxylic acids is 1. The summed E-state index contributed by atoms with van der Waals surface area (Å²) in [4.78, 5) is 19.0. The maximum atomic E-state index is 13.3. The van der Waals surface area contributed by atoms with Gasteiger partial charge in [-0.3, -0.25) is 9.88 Å². The van der Waals surface area contributed by atoms with Gasteiger partial charge in [-0.2, -0.15) is 5.10 Å². The quantitative estimate of drug-likeness (QED) is 0.633. The van der Waals surface area contributed by atoms with E-state index in [0.717, 1.165) is 30.5 Å². The van der Waals surface area contributed by atoms with E-state index < -0.39 is 15.9 Å². The molecule has 4 rings (SSSR count). The van der Waals surface area contributed by atoms with Crippen LogP contribution in [0.25, 0.3) is 5.69 Å². The van der Waals surface area contributed by atoms with Crippen molar-refractivity contribution in [2.24, 2.45) is 0 Å². The molecule has 3 heterocycles. The lowest BCUT2D eigenvalue weighted by Crippen LogP contribution is -2.44. The number of pyridine rings is 1. The number of urea groups is 1. The lowest BCUT2D eigenvalue weighted by Gasteiger charge is -2.29. The maximum absolute atomic E-state index is 13.3. The minimum absolute atomic E-state index is 0.114. The Morgan fingerprint density at radius 1 is 1.22 bits per heavy atom. The number of carbonyl (C=O) groups is 1. The van der Waals surface area contributed by atoms with Crippen molar-refractivity contribution in [3.8, 4) is 5.69 Å². The van der Waals surface area contributed by atoms with Crippen molar-refractivity contribution in [1.29, 1.82) is 0 Å². The molecule has 1 aliphatic rings. The molecule has 0 saturated carbocycles. The van der Waals surface area contributed by atoms with E-state index in [1.54, 1.807) is 40.2 Å². The molecule has 8 nitrogen and oxygen atoms in total. The van der Waals surface area contributed by atoms with Crippen LogP contribution in [0.5, 0.6) is 0 Å². The zero-order valence-corrected chi connectivity index (χ0v) is 18.6. The van der Waals surface area contributed by atoms with Gasteiger partial charge >= 0.3 is 6.03 Å². The van der Waals surface area contributed by atoms with E-state index >= 15 is 0 Å². The molecular formula is C22H24FN5O3S. The van der Waals surface area contributed by atoms with Crippen LogP contribution in [0, 0.1) is 5.82 Å². The first kappa shape index (κ1) is 21.9. The highest BCUT2D eigenvalue weighted by molar-refractivity contribution is 7.90. The van der Waals surface area contributed by atoms with Gasteiger partial charge in [0.1, 0.15) is 5.82 Å². The van der Waals surface area contributed by atoms with Crippen LogP contribution in [-0.2, 0) is 16.3 Å². The molecule has 0 saturated heterocycles. The van der Waals surface area contributed by atoms with Crippen LogP contribution >= 0.6 is 0 Å². The average molecular weight is 458 g/mol. The fourth-order valence-corrected chi connectivity index (χ4v) is 4.44. The molecule has 3 aromatic rings. The second kappa shape index (κ2) is 8.70. The zero-order chi connectivity index (χ0) is 22.9. The van der Waals surface area contributed by atoms with Gasteiger partial charge in [0.05, 0.1) is 34.2 Å². The lowest BCUT2D eigenvalue weighted by atomic mass is 10.1. The molecule has 2 aromatic heterocycles. The molecule has 0 spiro atoms. The second-order valence-electron chi connectivity index (χ2n) is 7.76. The van der Waals surface area contributed by atoms with Gasteiger partial charge < -0.3 is 5.32 Å². The molecule has 168 valence electrons. The Bertz CT molecular complexity index is 1240. The number of hydrogen-bond donors (Lipinski definition) is 1. The third-order valence-corrected chi connectivity index (χ3v) is 6.60. The molecule has 0 bridgehead atoms. The first-order chi connectivity index (χ1) is 15.3. The van der Waals surface area contributed by atoms with Crippen molar-refractivity contribution in [2.75, 3.05) is 17.7 Å². The third kappa shape index (κ3) is 4.36. The number of benzene rings is 1. The van der Waals surface area contributed by atoms with Crippen LogP contribution < -0.4 is 10.2 Å². The second-order valence-corrected chi connectivity index (χ2v) is 9.77. The summed E-state index contributed by atoms with van der Waals surface area (Å²) in [5, 5.41) is 7.42. The van der Waals surface area contributed by atoms with Gasteiger partial charge in [-0.15, -0.1) is 0 Å². The zero-order valence-electron chi connectivity index (χ0n) is 17.8. The van der Waals surface area contributed by atoms with Crippen molar-refractivity contribution in [3.05, 3.63) is 66.0 Å². The Hall–Kier alpha value is -3.27. The predicted molar refractivity (Wildman–Crippen MR) is 118 cm³/mol. The molecule has 0 radical (unpaired) electrons. The largest absolute Gasteiger partial charge is 0.331 e. The monoisotopic (exact) mass is 457 g/mol. The number of amides is 2. The standard InChI is InChI=1S/C22H24FN5O3S/c1-3-19(15-11-18(13-24-12-15)32(2,30)31)26-22(29)27-10-4-5-20-21(27)14-25-28(20)17-8-6-16(23)7-9-17/h6-9,11-14,19H,3-5,10H2,1-2H3,(H,26,29). The van der Waals surface area contributed by atoms with Gasteiger partial charge in [-0.25, -0.2) is 22.3 Å². The molecule has 10 heteroatoms. The normalized spacial score (nSPS) is 14.7. The van der Waals surface area contributed by atoms with Gasteiger partial charge in [0.2, 0.25) is 0 Å². The van der Waals surface area contributed by atoms with Crippen molar-refractivity contribution in [1.82, 2.24) is 20.1 Å². The van der Waals surface area contributed by atoms with Crippen LogP contribution in [0.1, 0.15) is 37.1 Å². The van der Waals surface area contributed by atoms with Crippen molar-refractivity contribution >= 4 is 21.6 Å². The van der Waals surface area contributed by atoms with E-state index in [2.05, 4.69) is 15.4 Å². The van der Waals surface area contributed by atoms with E-state index in [4.69, 9.17) is 0 Å². The first-order valence-electron chi connectivity index (χ1n) is 10.3. The van der Waals surface area contributed by atoms with Crippen LogP contribution in [0.2, 0.25) is 0 Å². The number of nitrogens with one attached hydrogen (secondary N) is 1. The summed E-state index contributed by atoms with van der Waals surface area (Å²) in [7, 11) is -3.40. The van der Waals surface area contributed by atoms with Gasteiger partial charge in [0, 0.05) is 25.2 Å². The maximum Gasteiger partial charge on any atom is 0.322 e. The number of sulfone groups is 1. The highest BCUT2D eigenvalue weighted by atomic mass is 32.2. The third-order valence-electron chi connectivity index (χ3n) is 5.52. The van der Waals surface area contributed by atoms with E-state index in [1.807, 2.05) is 6.92 Å². The van der Waals surface area contributed by atoms with Gasteiger partial charge in [-0.1, -0.05) is 6.92 Å². The van der Waals surface area contributed by atoms with Gasteiger partial charge in [0.25, 0.3) is 0 Å². The highest BCUT2D eigenvalue weighted by Crippen LogP contribution is 2.30. The van der Waals surface area contributed by atoms with E-state index in [-0.39, 0.29) is 16.7 Å². The van der Waals surface area contributed by atoms with Crippen LogP contribution in [0.15, 0.2) is 53.8 Å². The minimum Gasteiger partial charge on any atom is -0.331 e. The number of nitrogens with zero attached hydrogens (tertiary/aromatic N) is 4. The molecule has 1 unspecified atom stereocenters. The molecule has 1 atom stereocenters. The molecule has 1 aromatic carbocycles. The molecule has 1 N–H and O–H groups in total. The number of rotatable bonds is 5. The predicted octanol–water partition coefficient (Wildman–Crippen LogP) is 3.42. The Morgan fingerprint density at radius 3 is 2.66 bits per heavy atom. The van der Waals surface area contributed by atoms with E-state index in [1.165, 1.54) is 18.3 Å². The Morgan fingerprint density at radius 2 is 1.97 bits per heavy atom. The highest BCUT2D eigenvalue weighted by Gasteiger charge is 2.28. The Labute approximate surface area is 186 Å². The summed E-state index contributed by atoms with van der Waals surface area (Å²) in [6, 6.07) is 6.91. The first-order valence-corrected chi connectivity index (χ1v) is 12.2. The number of aromatic nitrogens is 3. The number of hydrogen-bond acceptors (Lipinski definition) is 5. The molecule has 32 heavy (non-hydrogen) atoms. The summed E-state index contributed by atoms with van der Waals surface area (Å²) < 4.78 is 38.8. The molecule has 1 aliphatic heterocycles. The van der Waals surface area contributed by atoms with Gasteiger partial charge in [-0.05, 0) is 55.2 Å². The minimum atomic E-state index is -3.40. The van der Waals surface area contributed by atoms with Crippen molar-refractivity contribution in [2.45, 2.75) is 37.1 Å². The smallest absolute Gasteiger partial charge is 0.322 e. The van der Waals surface area contributed by atoms with Crippen molar-refractivity contribution < 1.29 is 17.6 Å². The van der Waals surface area contributed by atoms with E-state index in [0.29, 0.717) is 24.2 Å². The van der Waals surface area contributed by atoms with E-state index in [9.17, 15) is 17.6 Å². The SMILES string of the molecule is CCC(NC(=O)N1CCCc2c1cnn2-c1ccc(F)cc1)c1cncc(S(C)(=O)=O)c1. The topological polar surface area (TPSA) is 97.2 Å². The summed E-state index contributed by atoms with van der Waals surface area (Å²) in [6.45, 7) is 2.44. The van der Waals surface area contributed by atoms with Crippen LogP contribution in [0.4, 0.5) is 14.9 Å². The molecule has 2 amide bonds. The average Bonchev–Trinajstić information content (AvgIpc) is 3.21. The summed E-state index contributed by atoms with van der Waals surface area (Å²) in [6.07, 6.45) is 7.70. The Kier molecular flexibility index (Phi) is 5.96. The number of halogens is 1. The van der Waals surface area contributed by atoms with Crippen LogP contribution in [-0.4, -0.2) is 42.0 Å². The molecule has 0 fully saturated rings. The summed E-state index contributed by atoms with van der Waals surface area (Å²) in [5.74, 6) is -0.323. The van der Waals surface area contributed by atoms with Crippen LogP contribution in [0.3, 0.4) is 0 Å². The number of fused-ring (bicyclic) bond motifs is 1. The van der Waals surface area contributed by atoms with Gasteiger partial charge in [0.15, 0.2) is 9.84 Å². The summed E-state index contributed by atoms with van der Waals surface area (Å²) >= 11 is 0. The fourth-order valence-electron chi connectivity index (χ4n) is 3.84.